The van der Waals surface area contributed by atoms with Crippen LogP contribution in [0, 0.1) is 0 Å². The van der Waals surface area contributed by atoms with Gasteiger partial charge in [-0.15, -0.1) is 0 Å². The number of nitrogens with zero attached hydrogens (tertiary/aromatic N) is 2. The molecule has 0 atom stereocenters. The molecule has 26 heavy (non-hydrogen) atoms. The van der Waals surface area contributed by atoms with Crippen molar-refractivity contribution in [3.63, 3.8) is 0 Å². The fourth-order valence-corrected chi connectivity index (χ4v) is 3.91. The van der Waals surface area contributed by atoms with Crippen LogP contribution >= 0.6 is 0 Å². The van der Waals surface area contributed by atoms with Crippen molar-refractivity contribution in [2.75, 3.05) is 0 Å². The van der Waals surface area contributed by atoms with Crippen LogP contribution in [0.1, 0.15) is 50.7 Å². The maximum absolute atomic E-state index is 4.36. The highest BCUT2D eigenvalue weighted by Gasteiger charge is 2.19. The van der Waals surface area contributed by atoms with E-state index in [4.69, 9.17) is 0 Å². The molecule has 0 unspecified atom stereocenters. The molecule has 0 saturated carbocycles. The molecule has 130 valence electrons. The van der Waals surface area contributed by atoms with Crippen LogP contribution in [0.4, 0.5) is 0 Å². The molecule has 0 aliphatic heterocycles. The maximum atomic E-state index is 4.36. The number of fused-ring (bicyclic) bond motifs is 2. The average molecular weight is 341 g/mol. The van der Waals surface area contributed by atoms with Crippen LogP contribution in [0.15, 0.2) is 67.3 Å². The molecular weight excluding hydrogens is 316 g/mol. The van der Waals surface area contributed by atoms with E-state index in [-0.39, 0.29) is 0 Å². The molecule has 2 heterocycles. The molecule has 2 heteroatoms. The summed E-state index contributed by atoms with van der Waals surface area (Å²) in [4.78, 5) is 4.36. The van der Waals surface area contributed by atoms with E-state index in [9.17, 15) is 0 Å². The summed E-state index contributed by atoms with van der Waals surface area (Å²) in [5.41, 5.74) is 3.98. The number of hydrogen-bond acceptors (Lipinski definition) is 1. The zero-order valence-electron chi connectivity index (χ0n) is 15.9. The first-order chi connectivity index (χ1) is 12.6. The molecule has 0 fully saturated rings. The summed E-state index contributed by atoms with van der Waals surface area (Å²) in [7, 11) is 0. The molecule has 2 aromatic carbocycles. The van der Waals surface area contributed by atoms with Gasteiger partial charge in [0.25, 0.3) is 0 Å². The molecular formula is C24H25N2+. The van der Waals surface area contributed by atoms with Crippen molar-refractivity contribution >= 4 is 21.5 Å². The molecule has 0 aliphatic carbocycles. The number of aromatic nitrogens is 2. The summed E-state index contributed by atoms with van der Waals surface area (Å²) in [6.45, 7) is 9.01. The fraction of sp³-hybridized carbons (Fsp3) is 0.250. The van der Waals surface area contributed by atoms with Crippen LogP contribution in [0.3, 0.4) is 0 Å². The largest absolute Gasteiger partial charge is 0.264 e. The molecule has 0 saturated heterocycles. The van der Waals surface area contributed by atoms with Gasteiger partial charge >= 0.3 is 0 Å². The predicted molar refractivity (Wildman–Crippen MR) is 109 cm³/mol. The van der Waals surface area contributed by atoms with Crippen LogP contribution in [0.2, 0.25) is 0 Å². The zero-order chi connectivity index (χ0) is 18.3. The third-order valence-electron chi connectivity index (χ3n) is 5.17. The molecule has 0 bridgehead atoms. The Labute approximate surface area is 155 Å². The highest BCUT2D eigenvalue weighted by molar-refractivity contribution is 5.88. The van der Waals surface area contributed by atoms with E-state index >= 15 is 0 Å². The smallest absolute Gasteiger partial charge is 0.214 e. The van der Waals surface area contributed by atoms with Crippen molar-refractivity contribution in [1.82, 2.24) is 4.98 Å². The van der Waals surface area contributed by atoms with Crippen LogP contribution in [0.5, 0.6) is 0 Å². The van der Waals surface area contributed by atoms with Gasteiger partial charge in [-0.25, -0.2) is 0 Å². The van der Waals surface area contributed by atoms with Crippen LogP contribution < -0.4 is 4.57 Å². The topological polar surface area (TPSA) is 16.8 Å². The van der Waals surface area contributed by atoms with Gasteiger partial charge in [-0.2, -0.15) is 4.57 Å². The minimum Gasteiger partial charge on any atom is -0.264 e. The number of hydrogen-bond donors (Lipinski definition) is 0. The van der Waals surface area contributed by atoms with Gasteiger partial charge in [0.15, 0.2) is 12.4 Å². The molecule has 0 N–H and O–H groups in total. The minimum absolute atomic E-state index is 0.420. The number of rotatable bonds is 3. The van der Waals surface area contributed by atoms with Crippen molar-refractivity contribution in [2.24, 2.45) is 0 Å². The van der Waals surface area contributed by atoms with Gasteiger partial charge in [0.2, 0.25) is 5.69 Å². The maximum Gasteiger partial charge on any atom is 0.214 e. The Morgan fingerprint density at radius 2 is 1.65 bits per heavy atom. The normalized spacial score (nSPS) is 11.8. The van der Waals surface area contributed by atoms with Crippen LogP contribution in [0.25, 0.3) is 27.2 Å². The third kappa shape index (κ3) is 2.76. The van der Waals surface area contributed by atoms with E-state index in [0.717, 1.165) is 0 Å². The molecule has 2 nitrogen and oxygen atoms in total. The SMILES string of the molecule is CC(C)c1cccc2c[n+](-c3ccc4ccncc4c3C(C)C)ccc12. The molecule has 4 aromatic rings. The van der Waals surface area contributed by atoms with Crippen LogP contribution in [-0.4, -0.2) is 4.98 Å². The average Bonchev–Trinajstić information content (AvgIpc) is 2.65. The Hall–Kier alpha value is -2.74. The second kappa shape index (κ2) is 6.53. The summed E-state index contributed by atoms with van der Waals surface area (Å²) < 4.78 is 2.26. The van der Waals surface area contributed by atoms with E-state index in [2.05, 4.69) is 92.1 Å². The Morgan fingerprint density at radius 3 is 2.42 bits per heavy atom. The van der Waals surface area contributed by atoms with Gasteiger partial charge in [-0.3, -0.25) is 4.98 Å². The van der Waals surface area contributed by atoms with Gasteiger partial charge in [0.1, 0.15) is 0 Å². The summed E-state index contributed by atoms with van der Waals surface area (Å²) in [6.07, 6.45) is 8.30. The van der Waals surface area contributed by atoms with E-state index in [0.29, 0.717) is 11.8 Å². The molecule has 0 spiro atoms. The fourth-order valence-electron chi connectivity index (χ4n) is 3.91. The summed E-state index contributed by atoms with van der Waals surface area (Å²) in [5, 5.41) is 5.10. The summed E-state index contributed by atoms with van der Waals surface area (Å²) >= 11 is 0. The molecule has 0 radical (unpaired) electrons. The monoisotopic (exact) mass is 341 g/mol. The number of pyridine rings is 2. The lowest BCUT2D eigenvalue weighted by atomic mass is 9.94. The Bertz CT molecular complexity index is 1090. The highest BCUT2D eigenvalue weighted by atomic mass is 14.9. The molecule has 2 aromatic heterocycles. The second-order valence-corrected chi connectivity index (χ2v) is 7.61. The third-order valence-corrected chi connectivity index (χ3v) is 5.17. The predicted octanol–water partition coefficient (Wildman–Crippen LogP) is 5.91. The lowest BCUT2D eigenvalue weighted by Gasteiger charge is -2.13. The van der Waals surface area contributed by atoms with Gasteiger partial charge in [-0.05, 0) is 46.4 Å². The Kier molecular flexibility index (Phi) is 4.20. The van der Waals surface area contributed by atoms with E-state index in [1.54, 1.807) is 0 Å². The van der Waals surface area contributed by atoms with Crippen molar-refractivity contribution in [3.8, 4) is 5.69 Å². The van der Waals surface area contributed by atoms with E-state index in [1.165, 1.54) is 38.4 Å². The second-order valence-electron chi connectivity index (χ2n) is 7.61. The summed E-state index contributed by atoms with van der Waals surface area (Å²) in [6, 6.07) is 15.4. The molecule has 0 amide bonds. The van der Waals surface area contributed by atoms with Gasteiger partial charge in [0, 0.05) is 40.9 Å². The van der Waals surface area contributed by atoms with Gasteiger partial charge in [0.05, 0.1) is 0 Å². The standard InChI is InChI=1S/C24H25N2/c1-16(2)20-7-5-6-19-15-26(13-11-21(19)20)23-9-8-18-10-12-25-14-22(18)24(23)17(3)4/h5-17H,1-4H3/q+1. The molecule has 4 rings (SSSR count). The first-order valence-corrected chi connectivity index (χ1v) is 9.37. The highest BCUT2D eigenvalue weighted by Crippen LogP contribution is 2.29. The lowest BCUT2D eigenvalue weighted by Crippen LogP contribution is -2.31. The Balaban J connectivity index is 1.97. The quantitative estimate of drug-likeness (QED) is 0.423. The first kappa shape index (κ1) is 16.7. The zero-order valence-corrected chi connectivity index (χ0v) is 15.9. The Morgan fingerprint density at radius 1 is 0.808 bits per heavy atom. The lowest BCUT2D eigenvalue weighted by molar-refractivity contribution is -0.594. The van der Waals surface area contributed by atoms with Crippen molar-refractivity contribution in [1.29, 1.82) is 0 Å². The van der Waals surface area contributed by atoms with Crippen molar-refractivity contribution < 1.29 is 4.57 Å². The van der Waals surface area contributed by atoms with Gasteiger partial charge < -0.3 is 0 Å². The van der Waals surface area contributed by atoms with E-state index in [1.807, 2.05) is 12.4 Å². The first-order valence-electron chi connectivity index (χ1n) is 9.37. The number of benzene rings is 2. The minimum atomic E-state index is 0.420. The van der Waals surface area contributed by atoms with Crippen LogP contribution in [-0.2, 0) is 0 Å². The molecule has 0 aliphatic rings. The van der Waals surface area contributed by atoms with E-state index < -0.39 is 0 Å². The van der Waals surface area contributed by atoms with Crippen molar-refractivity contribution in [3.05, 3.63) is 78.4 Å². The van der Waals surface area contributed by atoms with Crippen molar-refractivity contribution in [2.45, 2.75) is 39.5 Å². The van der Waals surface area contributed by atoms with Gasteiger partial charge in [-0.1, -0.05) is 39.8 Å². The summed E-state index contributed by atoms with van der Waals surface area (Å²) in [5.74, 6) is 0.940.